The van der Waals surface area contributed by atoms with Gasteiger partial charge in [-0.15, -0.1) is 0 Å². The van der Waals surface area contributed by atoms with Gasteiger partial charge in [0.05, 0.1) is 22.4 Å². The highest BCUT2D eigenvalue weighted by Crippen LogP contribution is 2.50. The van der Waals surface area contributed by atoms with Crippen molar-refractivity contribution in [3.63, 3.8) is 0 Å². The Labute approximate surface area is 424 Å². The summed E-state index contributed by atoms with van der Waals surface area (Å²) in [6, 6.07) is 62.0. The van der Waals surface area contributed by atoms with E-state index in [1.807, 2.05) is 0 Å². The van der Waals surface area contributed by atoms with Crippen LogP contribution in [0.5, 0.6) is 0 Å². The van der Waals surface area contributed by atoms with Gasteiger partial charge in [-0.1, -0.05) is 145 Å². The molecule has 2 aliphatic heterocycles. The molecule has 4 heterocycles. The molecule has 5 heteroatoms. The summed E-state index contributed by atoms with van der Waals surface area (Å²) in [7, 11) is 0. The highest BCUT2D eigenvalue weighted by Gasteiger charge is 2.45. The lowest BCUT2D eigenvalue weighted by Crippen LogP contribution is -2.61. The van der Waals surface area contributed by atoms with Gasteiger partial charge >= 0.3 is 0 Å². The Hall–Kier alpha value is -7.76. The van der Waals surface area contributed by atoms with E-state index in [9.17, 15) is 0 Å². The molecule has 0 atom stereocenters. The van der Waals surface area contributed by atoms with Gasteiger partial charge in [-0.2, -0.15) is 0 Å². The molecular weight excluding hydrogens is 874 g/mol. The lowest BCUT2D eigenvalue weighted by molar-refractivity contribution is 0.590. The first kappa shape index (κ1) is 44.2. The summed E-state index contributed by atoms with van der Waals surface area (Å²) in [6.07, 6.45) is 0. The van der Waals surface area contributed by atoms with Gasteiger partial charge < -0.3 is 18.8 Å². The maximum absolute atomic E-state index is 6.63. The molecule has 9 aromatic carbocycles. The molecule has 2 aliphatic rings. The highest BCUT2D eigenvalue weighted by molar-refractivity contribution is 7.00. The predicted molar refractivity (Wildman–Crippen MR) is 309 cm³/mol. The molecule has 352 valence electrons. The van der Waals surface area contributed by atoms with Gasteiger partial charge in [-0.05, 0) is 167 Å². The SMILES string of the molecule is Cc1cc2c3c(c1)N(c1c(C)cccc1C)c1cc4c(cc1B3c1ccc(C(C)(C)C)cc1N2c1c(C)cc(-c2cccc3c2oc2ccccc23)cc1C)c1ccc(C(C)(C)C)cc1n4-c1ccccc1. The zero-order valence-corrected chi connectivity index (χ0v) is 43.4. The van der Waals surface area contributed by atoms with E-state index < -0.39 is 0 Å². The quantitative estimate of drug-likeness (QED) is 0.164. The van der Waals surface area contributed by atoms with Crippen LogP contribution >= 0.6 is 0 Å². The summed E-state index contributed by atoms with van der Waals surface area (Å²) >= 11 is 0. The summed E-state index contributed by atoms with van der Waals surface area (Å²) in [5.74, 6) is 0. The Bertz CT molecular complexity index is 4040. The van der Waals surface area contributed by atoms with E-state index in [1.165, 1.54) is 111 Å². The number of hydrogen-bond acceptors (Lipinski definition) is 3. The van der Waals surface area contributed by atoms with Crippen LogP contribution in [0.25, 0.3) is 60.6 Å². The number of nitrogens with zero attached hydrogens (tertiary/aromatic N) is 3. The van der Waals surface area contributed by atoms with E-state index in [2.05, 4.69) is 254 Å². The Morgan fingerprint density at radius 3 is 1.71 bits per heavy atom. The maximum Gasteiger partial charge on any atom is 0.252 e. The molecule has 72 heavy (non-hydrogen) atoms. The molecular formula is C67H60BN3O. The molecule has 0 saturated heterocycles. The molecule has 13 rings (SSSR count). The molecule has 0 bridgehead atoms. The third-order valence-corrected chi connectivity index (χ3v) is 15.9. The van der Waals surface area contributed by atoms with Crippen LogP contribution in [-0.4, -0.2) is 11.3 Å². The summed E-state index contributed by atoms with van der Waals surface area (Å²) in [5, 5.41) is 4.82. The molecule has 0 radical (unpaired) electrons. The van der Waals surface area contributed by atoms with Crippen molar-refractivity contribution in [2.75, 3.05) is 9.80 Å². The molecule has 11 aromatic rings. The van der Waals surface area contributed by atoms with Gasteiger partial charge in [0, 0.05) is 55.5 Å². The van der Waals surface area contributed by atoms with E-state index in [0.29, 0.717) is 0 Å². The Balaban J connectivity index is 1.12. The van der Waals surface area contributed by atoms with Crippen LogP contribution in [0.1, 0.15) is 80.5 Å². The van der Waals surface area contributed by atoms with Crippen LogP contribution in [0, 0.1) is 34.6 Å². The van der Waals surface area contributed by atoms with E-state index >= 15 is 0 Å². The number of hydrogen-bond donors (Lipinski definition) is 0. The summed E-state index contributed by atoms with van der Waals surface area (Å²) < 4.78 is 9.14. The number of aryl methyl sites for hydroxylation is 5. The van der Waals surface area contributed by atoms with Crippen LogP contribution in [0.15, 0.2) is 168 Å². The van der Waals surface area contributed by atoms with Gasteiger partial charge in [0.15, 0.2) is 0 Å². The Morgan fingerprint density at radius 2 is 1.01 bits per heavy atom. The third-order valence-electron chi connectivity index (χ3n) is 15.9. The van der Waals surface area contributed by atoms with Crippen molar-refractivity contribution < 1.29 is 4.42 Å². The molecule has 0 unspecified atom stereocenters. The fourth-order valence-corrected chi connectivity index (χ4v) is 12.5. The number of anilines is 6. The normalized spacial score (nSPS) is 13.4. The molecule has 0 fully saturated rings. The van der Waals surface area contributed by atoms with Crippen LogP contribution in [0.4, 0.5) is 34.1 Å². The minimum Gasteiger partial charge on any atom is -0.455 e. The van der Waals surface area contributed by atoms with Crippen LogP contribution < -0.4 is 26.2 Å². The first-order valence-corrected chi connectivity index (χ1v) is 25.7. The number of para-hydroxylation sites is 4. The van der Waals surface area contributed by atoms with Gasteiger partial charge in [-0.3, -0.25) is 0 Å². The molecule has 0 spiro atoms. The van der Waals surface area contributed by atoms with Gasteiger partial charge in [-0.25, -0.2) is 0 Å². The van der Waals surface area contributed by atoms with Crippen LogP contribution in [0.2, 0.25) is 0 Å². The van der Waals surface area contributed by atoms with Crippen molar-refractivity contribution in [1.29, 1.82) is 0 Å². The van der Waals surface area contributed by atoms with Crippen molar-refractivity contribution >= 4 is 101 Å². The highest BCUT2D eigenvalue weighted by atomic mass is 16.3. The van der Waals surface area contributed by atoms with Gasteiger partial charge in [0.25, 0.3) is 6.71 Å². The standard InChI is InChI=1S/C67H60BN3O/c1-39-31-59-62-60(32-39)71(63-40(2)19-17-20-41(63)3)58-38-56-52(49-29-27-45(66(6,7)8)35-55(49)69(56)47-21-13-12-14-22-47)37-54(58)68(62)53-30-28-46(67(9,10)11)36-57(53)70(59)64-42(4)33-44(34-43(64)5)48-24-18-25-51-50-23-15-16-26-61(50)72-65(48)51/h12-38H,1-11H3. The summed E-state index contributed by atoms with van der Waals surface area (Å²) in [4.78, 5) is 5.25. The molecule has 0 amide bonds. The van der Waals surface area contributed by atoms with Crippen molar-refractivity contribution in [1.82, 2.24) is 4.57 Å². The van der Waals surface area contributed by atoms with E-state index in [4.69, 9.17) is 4.42 Å². The fraction of sp³-hybridized carbons (Fsp3) is 0.194. The fourth-order valence-electron chi connectivity index (χ4n) is 12.5. The second-order valence-corrected chi connectivity index (χ2v) is 22.9. The number of benzene rings is 9. The topological polar surface area (TPSA) is 24.6 Å². The van der Waals surface area contributed by atoms with Crippen molar-refractivity contribution in [2.45, 2.75) is 87.0 Å². The maximum atomic E-state index is 6.63. The Morgan fingerprint density at radius 1 is 0.431 bits per heavy atom. The van der Waals surface area contributed by atoms with Gasteiger partial charge in [0.1, 0.15) is 11.2 Å². The zero-order chi connectivity index (χ0) is 49.7. The molecule has 0 N–H and O–H groups in total. The average Bonchev–Trinajstić information content (AvgIpc) is 3.89. The van der Waals surface area contributed by atoms with Crippen LogP contribution in [0.3, 0.4) is 0 Å². The lowest BCUT2D eigenvalue weighted by atomic mass is 9.33. The predicted octanol–water partition coefficient (Wildman–Crippen LogP) is 16.6. The van der Waals surface area contributed by atoms with E-state index in [1.54, 1.807) is 0 Å². The van der Waals surface area contributed by atoms with Crippen molar-refractivity contribution in [2.24, 2.45) is 0 Å². The number of rotatable bonds is 4. The van der Waals surface area contributed by atoms with Crippen molar-refractivity contribution in [3.8, 4) is 16.8 Å². The second-order valence-electron chi connectivity index (χ2n) is 22.9. The smallest absolute Gasteiger partial charge is 0.252 e. The number of fused-ring (bicyclic) bond motifs is 10. The largest absolute Gasteiger partial charge is 0.455 e. The number of aromatic nitrogens is 1. The lowest BCUT2D eigenvalue weighted by Gasteiger charge is -2.46. The monoisotopic (exact) mass is 933 g/mol. The minimum atomic E-state index is -0.0705. The van der Waals surface area contributed by atoms with Crippen LogP contribution in [-0.2, 0) is 10.8 Å². The Kier molecular flexibility index (Phi) is 9.59. The first-order valence-electron chi connectivity index (χ1n) is 25.7. The number of furan rings is 1. The van der Waals surface area contributed by atoms with Gasteiger partial charge in [0.2, 0.25) is 0 Å². The molecule has 0 aliphatic carbocycles. The summed E-state index contributed by atoms with van der Waals surface area (Å²) in [5.41, 5.74) is 27.8. The zero-order valence-electron chi connectivity index (χ0n) is 43.4. The molecule has 0 saturated carbocycles. The minimum absolute atomic E-state index is 0.0103. The third kappa shape index (κ3) is 6.52. The molecule has 4 nitrogen and oxygen atoms in total. The molecule has 2 aromatic heterocycles. The van der Waals surface area contributed by atoms with E-state index in [-0.39, 0.29) is 17.5 Å². The average molecular weight is 934 g/mol. The van der Waals surface area contributed by atoms with Crippen molar-refractivity contribution in [3.05, 3.63) is 203 Å². The summed E-state index contributed by atoms with van der Waals surface area (Å²) in [6.45, 7) is 25.4. The second kappa shape index (κ2) is 15.6. The first-order chi connectivity index (χ1) is 34.5. The van der Waals surface area contributed by atoms with E-state index in [0.717, 1.165) is 38.8 Å².